The van der Waals surface area contributed by atoms with E-state index in [1.54, 1.807) is 12.1 Å². The molecular formula is C24H38O3. The molecule has 1 aromatic carbocycles. The lowest BCUT2D eigenvalue weighted by Crippen LogP contribution is -2.06. The Morgan fingerprint density at radius 2 is 1.37 bits per heavy atom. The fraction of sp³-hybridized carbons (Fsp3) is 0.708. The number of benzene rings is 1. The van der Waals surface area contributed by atoms with E-state index in [4.69, 9.17) is 9.47 Å². The first-order valence-electron chi connectivity index (χ1n) is 11.2. The largest absolute Gasteiger partial charge is 0.462 e. The quantitative estimate of drug-likeness (QED) is 0.183. The molecule has 1 heterocycles. The third-order valence-electron chi connectivity index (χ3n) is 5.41. The zero-order chi connectivity index (χ0) is 19.2. The number of ether oxygens (including phenoxy) is 2. The van der Waals surface area contributed by atoms with Gasteiger partial charge in [-0.3, -0.25) is 0 Å². The second-order valence-corrected chi connectivity index (χ2v) is 7.83. The van der Waals surface area contributed by atoms with E-state index in [1.165, 1.54) is 70.6 Å². The molecule has 2 rings (SSSR count). The van der Waals surface area contributed by atoms with Crippen LogP contribution in [0.25, 0.3) is 0 Å². The first-order valence-corrected chi connectivity index (χ1v) is 11.2. The normalized spacial score (nSPS) is 18.4. The molecule has 0 radical (unpaired) electrons. The Morgan fingerprint density at radius 3 is 2.00 bits per heavy atom. The number of carbonyl (C=O) groups is 1. The second kappa shape index (κ2) is 13.8. The first-order chi connectivity index (χ1) is 13.3. The molecule has 3 heteroatoms. The summed E-state index contributed by atoms with van der Waals surface area (Å²) in [7, 11) is 0. The van der Waals surface area contributed by atoms with Crippen molar-refractivity contribution in [3.05, 3.63) is 35.9 Å². The predicted octanol–water partition coefficient (Wildman–Crippen LogP) is 6.70. The van der Waals surface area contributed by atoms with Gasteiger partial charge in [-0.1, -0.05) is 89.3 Å². The highest BCUT2D eigenvalue weighted by atomic mass is 16.6. The van der Waals surface area contributed by atoms with Gasteiger partial charge in [-0.15, -0.1) is 0 Å². The molecule has 1 aromatic rings. The average Bonchev–Trinajstić information content (AvgIpc) is 3.45. The first kappa shape index (κ1) is 21.9. The van der Waals surface area contributed by atoms with Crippen molar-refractivity contribution >= 4 is 5.97 Å². The number of esters is 1. The number of epoxide rings is 1. The van der Waals surface area contributed by atoms with Crippen LogP contribution in [-0.4, -0.2) is 24.8 Å². The summed E-state index contributed by atoms with van der Waals surface area (Å²) in [6, 6.07) is 9.21. The predicted molar refractivity (Wildman–Crippen MR) is 111 cm³/mol. The van der Waals surface area contributed by atoms with E-state index in [0.29, 0.717) is 24.4 Å². The molecule has 0 bridgehead atoms. The summed E-state index contributed by atoms with van der Waals surface area (Å²) in [5, 5.41) is 0. The van der Waals surface area contributed by atoms with Gasteiger partial charge in [-0.25, -0.2) is 4.79 Å². The maximum absolute atomic E-state index is 11.8. The van der Waals surface area contributed by atoms with Crippen LogP contribution in [0.1, 0.15) is 101 Å². The van der Waals surface area contributed by atoms with Crippen molar-refractivity contribution in [3.63, 3.8) is 0 Å². The number of hydrogen-bond donors (Lipinski definition) is 0. The maximum atomic E-state index is 11.8. The lowest BCUT2D eigenvalue weighted by atomic mass is 10.0. The number of rotatable bonds is 16. The molecule has 0 aliphatic carbocycles. The Bertz CT molecular complexity index is 500. The fourth-order valence-electron chi connectivity index (χ4n) is 3.61. The zero-order valence-corrected chi connectivity index (χ0v) is 17.2. The molecule has 1 aliphatic heterocycles. The SMILES string of the molecule is CCCCCCCC1OC1CCCCCCCCOC(=O)c1ccccc1. The van der Waals surface area contributed by atoms with Crippen LogP contribution >= 0.6 is 0 Å². The Labute approximate surface area is 165 Å². The van der Waals surface area contributed by atoms with Gasteiger partial charge in [0.15, 0.2) is 0 Å². The number of hydrogen-bond acceptors (Lipinski definition) is 3. The van der Waals surface area contributed by atoms with Crippen LogP contribution in [0.5, 0.6) is 0 Å². The van der Waals surface area contributed by atoms with E-state index in [9.17, 15) is 4.79 Å². The Kier molecular flexibility index (Phi) is 11.2. The highest BCUT2D eigenvalue weighted by Gasteiger charge is 2.36. The summed E-state index contributed by atoms with van der Waals surface area (Å²) in [5.74, 6) is -0.208. The Morgan fingerprint density at radius 1 is 0.815 bits per heavy atom. The summed E-state index contributed by atoms with van der Waals surface area (Å²) in [4.78, 5) is 11.8. The summed E-state index contributed by atoms with van der Waals surface area (Å²) in [6.07, 6.45) is 17.7. The average molecular weight is 375 g/mol. The topological polar surface area (TPSA) is 38.8 Å². The Hall–Kier alpha value is -1.35. The van der Waals surface area contributed by atoms with Crippen LogP contribution in [0, 0.1) is 0 Å². The monoisotopic (exact) mass is 374 g/mol. The van der Waals surface area contributed by atoms with Gasteiger partial charge >= 0.3 is 5.97 Å². The molecule has 2 atom stereocenters. The lowest BCUT2D eigenvalue weighted by Gasteiger charge is -2.05. The van der Waals surface area contributed by atoms with Crippen molar-refractivity contribution in [3.8, 4) is 0 Å². The standard InChI is InChI=1S/C24H38O3/c1-2-3-4-7-13-18-22-23(27-22)19-14-8-5-6-9-15-20-26-24(25)21-16-11-10-12-17-21/h10-12,16-17,22-23H,2-9,13-15,18-20H2,1H3. The molecule has 27 heavy (non-hydrogen) atoms. The van der Waals surface area contributed by atoms with Crippen molar-refractivity contribution in [1.29, 1.82) is 0 Å². The molecule has 0 aromatic heterocycles. The summed E-state index contributed by atoms with van der Waals surface area (Å²) in [6.45, 7) is 2.80. The van der Waals surface area contributed by atoms with Gasteiger partial charge < -0.3 is 9.47 Å². The minimum Gasteiger partial charge on any atom is -0.462 e. The lowest BCUT2D eigenvalue weighted by molar-refractivity contribution is 0.0497. The van der Waals surface area contributed by atoms with Gasteiger partial charge in [-0.2, -0.15) is 0 Å². The minimum atomic E-state index is -0.208. The van der Waals surface area contributed by atoms with Gasteiger partial charge in [-0.05, 0) is 31.4 Å². The van der Waals surface area contributed by atoms with E-state index in [2.05, 4.69) is 6.92 Å². The van der Waals surface area contributed by atoms with Gasteiger partial charge in [0.25, 0.3) is 0 Å². The molecule has 0 spiro atoms. The van der Waals surface area contributed by atoms with Crippen molar-refractivity contribution in [2.75, 3.05) is 6.61 Å². The number of unbranched alkanes of at least 4 members (excludes halogenated alkanes) is 9. The van der Waals surface area contributed by atoms with Crippen LogP contribution in [0.2, 0.25) is 0 Å². The zero-order valence-electron chi connectivity index (χ0n) is 17.2. The molecule has 1 aliphatic rings. The molecule has 3 nitrogen and oxygen atoms in total. The Balaban J connectivity index is 1.32. The second-order valence-electron chi connectivity index (χ2n) is 7.83. The van der Waals surface area contributed by atoms with Crippen LogP contribution in [-0.2, 0) is 9.47 Å². The van der Waals surface area contributed by atoms with E-state index in [1.807, 2.05) is 18.2 Å². The molecule has 2 unspecified atom stereocenters. The minimum absolute atomic E-state index is 0.208. The van der Waals surface area contributed by atoms with Crippen molar-refractivity contribution < 1.29 is 14.3 Å². The van der Waals surface area contributed by atoms with E-state index in [-0.39, 0.29) is 5.97 Å². The maximum Gasteiger partial charge on any atom is 0.338 e. The molecule has 1 saturated heterocycles. The summed E-state index contributed by atoms with van der Waals surface area (Å²) in [5.41, 5.74) is 0.638. The van der Waals surface area contributed by atoms with Gasteiger partial charge in [0.2, 0.25) is 0 Å². The summed E-state index contributed by atoms with van der Waals surface area (Å²) >= 11 is 0. The summed E-state index contributed by atoms with van der Waals surface area (Å²) < 4.78 is 11.1. The van der Waals surface area contributed by atoms with Crippen molar-refractivity contribution in [2.24, 2.45) is 0 Å². The molecule has 152 valence electrons. The third-order valence-corrected chi connectivity index (χ3v) is 5.41. The van der Waals surface area contributed by atoms with Crippen LogP contribution in [0.15, 0.2) is 30.3 Å². The van der Waals surface area contributed by atoms with Crippen LogP contribution < -0.4 is 0 Å². The number of carbonyl (C=O) groups excluding carboxylic acids is 1. The van der Waals surface area contributed by atoms with Crippen LogP contribution in [0.3, 0.4) is 0 Å². The highest BCUT2D eigenvalue weighted by molar-refractivity contribution is 5.89. The third kappa shape index (κ3) is 9.95. The smallest absolute Gasteiger partial charge is 0.338 e. The fourth-order valence-corrected chi connectivity index (χ4v) is 3.61. The van der Waals surface area contributed by atoms with Gasteiger partial charge in [0.05, 0.1) is 24.4 Å². The molecular weight excluding hydrogens is 336 g/mol. The van der Waals surface area contributed by atoms with Gasteiger partial charge in [0.1, 0.15) is 0 Å². The van der Waals surface area contributed by atoms with Gasteiger partial charge in [0, 0.05) is 0 Å². The highest BCUT2D eigenvalue weighted by Crippen LogP contribution is 2.31. The van der Waals surface area contributed by atoms with E-state index >= 15 is 0 Å². The van der Waals surface area contributed by atoms with E-state index in [0.717, 1.165) is 12.8 Å². The molecule has 0 saturated carbocycles. The molecule has 0 N–H and O–H groups in total. The van der Waals surface area contributed by atoms with Crippen molar-refractivity contribution in [1.82, 2.24) is 0 Å². The molecule has 0 amide bonds. The van der Waals surface area contributed by atoms with Crippen LogP contribution in [0.4, 0.5) is 0 Å². The van der Waals surface area contributed by atoms with E-state index < -0.39 is 0 Å². The molecule has 1 fully saturated rings. The van der Waals surface area contributed by atoms with Crippen molar-refractivity contribution in [2.45, 2.75) is 103 Å².